The molecular weight excluding hydrogens is 270 g/mol. The third kappa shape index (κ3) is 2.21. The number of phenols is 1. The first-order chi connectivity index (χ1) is 10.5. The lowest BCUT2D eigenvalue weighted by molar-refractivity contribution is 0.475. The van der Waals surface area contributed by atoms with Gasteiger partial charge in [0, 0.05) is 16.8 Å². The molecule has 0 saturated heterocycles. The third-order valence-corrected chi connectivity index (χ3v) is 4.21. The Balaban J connectivity index is 2.24. The molecule has 1 heterocycles. The van der Waals surface area contributed by atoms with Gasteiger partial charge in [-0.25, -0.2) is 0 Å². The van der Waals surface area contributed by atoms with Gasteiger partial charge in [-0.05, 0) is 54.3 Å². The number of rotatable bonds is 3. The molecule has 0 unspecified atom stereocenters. The lowest BCUT2D eigenvalue weighted by atomic mass is 10.00. The van der Waals surface area contributed by atoms with Gasteiger partial charge in [0.25, 0.3) is 0 Å². The van der Waals surface area contributed by atoms with Crippen molar-refractivity contribution in [3.8, 4) is 5.75 Å². The Kier molecular flexibility index (Phi) is 3.53. The molecule has 3 aromatic rings. The molecule has 0 bridgehead atoms. The van der Waals surface area contributed by atoms with Gasteiger partial charge < -0.3 is 9.67 Å². The number of benzene rings is 2. The SMILES string of the molecule is C=C(c1ccc(O)cc1)n1c(C)c(C(C)C)c2ccccc21. The number of hydrogen-bond acceptors (Lipinski definition) is 1. The van der Waals surface area contributed by atoms with Crippen LogP contribution in [-0.4, -0.2) is 9.67 Å². The second-order valence-corrected chi connectivity index (χ2v) is 6.00. The van der Waals surface area contributed by atoms with E-state index >= 15 is 0 Å². The zero-order valence-electron chi connectivity index (χ0n) is 13.3. The van der Waals surface area contributed by atoms with Crippen LogP contribution in [-0.2, 0) is 0 Å². The van der Waals surface area contributed by atoms with E-state index in [0.717, 1.165) is 11.3 Å². The Morgan fingerprint density at radius 1 is 1.05 bits per heavy atom. The highest BCUT2D eigenvalue weighted by molar-refractivity contribution is 5.90. The Bertz CT molecular complexity index is 838. The summed E-state index contributed by atoms with van der Waals surface area (Å²) in [6, 6.07) is 15.7. The van der Waals surface area contributed by atoms with Crippen molar-refractivity contribution in [2.24, 2.45) is 0 Å². The van der Waals surface area contributed by atoms with Crippen molar-refractivity contribution in [2.45, 2.75) is 26.7 Å². The third-order valence-electron chi connectivity index (χ3n) is 4.21. The van der Waals surface area contributed by atoms with E-state index in [-0.39, 0.29) is 5.75 Å². The molecule has 0 atom stereocenters. The van der Waals surface area contributed by atoms with E-state index in [1.807, 2.05) is 12.1 Å². The van der Waals surface area contributed by atoms with Crippen LogP contribution in [0.1, 0.15) is 36.6 Å². The molecule has 1 aromatic heterocycles. The summed E-state index contributed by atoms with van der Waals surface area (Å²) < 4.78 is 2.22. The minimum Gasteiger partial charge on any atom is -0.508 e. The minimum atomic E-state index is 0.272. The van der Waals surface area contributed by atoms with Crippen molar-refractivity contribution >= 4 is 16.6 Å². The summed E-state index contributed by atoms with van der Waals surface area (Å²) in [6.07, 6.45) is 0. The van der Waals surface area contributed by atoms with Crippen molar-refractivity contribution in [2.75, 3.05) is 0 Å². The first kappa shape index (κ1) is 14.5. The Labute approximate surface area is 131 Å². The topological polar surface area (TPSA) is 25.2 Å². The summed E-state index contributed by atoms with van der Waals surface area (Å²) >= 11 is 0. The maximum Gasteiger partial charge on any atom is 0.115 e. The van der Waals surface area contributed by atoms with Gasteiger partial charge in [0.2, 0.25) is 0 Å². The van der Waals surface area contributed by atoms with Crippen molar-refractivity contribution in [1.82, 2.24) is 4.57 Å². The lowest BCUT2D eigenvalue weighted by Crippen LogP contribution is -2.01. The van der Waals surface area contributed by atoms with Gasteiger partial charge in [-0.3, -0.25) is 0 Å². The van der Waals surface area contributed by atoms with Crippen molar-refractivity contribution in [3.63, 3.8) is 0 Å². The van der Waals surface area contributed by atoms with Gasteiger partial charge in [0.1, 0.15) is 5.75 Å². The summed E-state index contributed by atoms with van der Waals surface area (Å²) in [5.41, 5.74) is 5.73. The number of phenolic OH excluding ortho intramolecular Hbond substituents is 1. The second kappa shape index (κ2) is 5.38. The highest BCUT2D eigenvalue weighted by atomic mass is 16.3. The predicted octanol–water partition coefficient (Wildman–Crippen LogP) is 5.30. The fourth-order valence-electron chi connectivity index (χ4n) is 3.25. The van der Waals surface area contributed by atoms with Crippen LogP contribution in [0.15, 0.2) is 55.1 Å². The van der Waals surface area contributed by atoms with Crippen molar-refractivity contribution in [3.05, 3.63) is 71.9 Å². The summed E-state index contributed by atoms with van der Waals surface area (Å²) in [5.74, 6) is 0.729. The second-order valence-electron chi connectivity index (χ2n) is 6.00. The Morgan fingerprint density at radius 2 is 1.68 bits per heavy atom. The number of hydrogen-bond donors (Lipinski definition) is 1. The maximum atomic E-state index is 9.48. The average molecular weight is 291 g/mol. The molecule has 0 radical (unpaired) electrons. The van der Waals surface area contributed by atoms with Crippen LogP contribution >= 0.6 is 0 Å². The number of fused-ring (bicyclic) bond motifs is 1. The van der Waals surface area contributed by atoms with Gasteiger partial charge in [-0.2, -0.15) is 0 Å². The van der Waals surface area contributed by atoms with Crippen LogP contribution in [0.2, 0.25) is 0 Å². The lowest BCUT2D eigenvalue weighted by Gasteiger charge is -2.13. The molecule has 22 heavy (non-hydrogen) atoms. The normalized spacial score (nSPS) is 11.3. The highest BCUT2D eigenvalue weighted by Gasteiger charge is 2.18. The van der Waals surface area contributed by atoms with E-state index in [4.69, 9.17) is 0 Å². The Morgan fingerprint density at radius 3 is 2.32 bits per heavy atom. The van der Waals surface area contributed by atoms with Gasteiger partial charge in [-0.15, -0.1) is 0 Å². The van der Waals surface area contributed by atoms with E-state index in [9.17, 15) is 5.11 Å². The smallest absolute Gasteiger partial charge is 0.115 e. The van der Waals surface area contributed by atoms with E-state index in [2.05, 4.69) is 56.2 Å². The van der Waals surface area contributed by atoms with Crippen LogP contribution in [0, 0.1) is 6.92 Å². The molecule has 3 rings (SSSR count). The van der Waals surface area contributed by atoms with Crippen molar-refractivity contribution < 1.29 is 5.11 Å². The summed E-state index contributed by atoms with van der Waals surface area (Å²) in [7, 11) is 0. The molecule has 0 saturated carbocycles. The van der Waals surface area contributed by atoms with Crippen LogP contribution in [0.3, 0.4) is 0 Å². The first-order valence-electron chi connectivity index (χ1n) is 7.59. The molecule has 112 valence electrons. The fraction of sp³-hybridized carbons (Fsp3) is 0.200. The molecule has 0 aliphatic heterocycles. The number of nitrogens with zero attached hydrogens (tertiary/aromatic N) is 1. The molecule has 2 aromatic carbocycles. The van der Waals surface area contributed by atoms with E-state index in [1.54, 1.807) is 12.1 Å². The molecule has 0 aliphatic rings. The van der Waals surface area contributed by atoms with Crippen molar-refractivity contribution in [1.29, 1.82) is 0 Å². The summed E-state index contributed by atoms with van der Waals surface area (Å²) in [6.45, 7) is 10.9. The number of para-hydroxylation sites is 1. The summed E-state index contributed by atoms with van der Waals surface area (Å²) in [5, 5.41) is 10.8. The molecule has 0 aliphatic carbocycles. The minimum absolute atomic E-state index is 0.272. The van der Waals surface area contributed by atoms with Gasteiger partial charge in [0.05, 0.1) is 5.52 Å². The average Bonchev–Trinajstić information content (AvgIpc) is 2.79. The predicted molar refractivity (Wildman–Crippen MR) is 93.3 cm³/mol. The van der Waals surface area contributed by atoms with E-state index < -0.39 is 0 Å². The molecular formula is C20H21NO. The van der Waals surface area contributed by atoms with Crippen LogP contribution in [0.25, 0.3) is 16.6 Å². The molecule has 0 amide bonds. The summed E-state index contributed by atoms with van der Waals surface area (Å²) in [4.78, 5) is 0. The Hall–Kier alpha value is -2.48. The van der Waals surface area contributed by atoms with E-state index in [1.165, 1.54) is 22.2 Å². The quantitative estimate of drug-likeness (QED) is 0.696. The zero-order valence-corrected chi connectivity index (χ0v) is 13.3. The van der Waals surface area contributed by atoms with Crippen LogP contribution in [0.5, 0.6) is 5.75 Å². The highest BCUT2D eigenvalue weighted by Crippen LogP contribution is 2.34. The fourth-order valence-corrected chi connectivity index (χ4v) is 3.25. The molecule has 0 fully saturated rings. The van der Waals surface area contributed by atoms with E-state index in [0.29, 0.717) is 5.92 Å². The maximum absolute atomic E-state index is 9.48. The van der Waals surface area contributed by atoms with Crippen LogP contribution in [0.4, 0.5) is 0 Å². The largest absolute Gasteiger partial charge is 0.508 e. The number of aromatic nitrogens is 1. The monoisotopic (exact) mass is 291 g/mol. The van der Waals surface area contributed by atoms with Gasteiger partial charge in [-0.1, -0.05) is 38.6 Å². The zero-order chi connectivity index (χ0) is 15.9. The first-order valence-corrected chi connectivity index (χ1v) is 7.59. The molecule has 2 nitrogen and oxygen atoms in total. The standard InChI is InChI=1S/C20H21NO/c1-13(2)20-15(4)21(19-8-6-5-7-18(19)20)14(3)16-9-11-17(22)12-10-16/h5-13,22H,3H2,1-2,4H3. The molecule has 0 spiro atoms. The van der Waals surface area contributed by atoms with Gasteiger partial charge >= 0.3 is 0 Å². The number of aromatic hydroxyl groups is 1. The molecule has 2 heteroatoms. The molecule has 1 N–H and O–H groups in total. The van der Waals surface area contributed by atoms with Crippen LogP contribution < -0.4 is 0 Å². The van der Waals surface area contributed by atoms with Gasteiger partial charge in [0.15, 0.2) is 0 Å².